The van der Waals surface area contributed by atoms with Gasteiger partial charge in [0, 0.05) is 25.0 Å². The van der Waals surface area contributed by atoms with Crippen molar-refractivity contribution in [2.24, 2.45) is 0 Å². The molecule has 2 heterocycles. The molecule has 2 N–H and O–H groups in total. The summed E-state index contributed by atoms with van der Waals surface area (Å²) in [5.74, 6) is 0.572. The van der Waals surface area contributed by atoms with Gasteiger partial charge in [-0.25, -0.2) is 9.97 Å². The van der Waals surface area contributed by atoms with Gasteiger partial charge in [0.1, 0.15) is 17.1 Å². The maximum Gasteiger partial charge on any atom is 0.274 e. The lowest BCUT2D eigenvalue weighted by atomic mass is 10.3. The molecule has 1 amide bonds. The van der Waals surface area contributed by atoms with E-state index < -0.39 is 0 Å². The quantitative estimate of drug-likeness (QED) is 0.511. The predicted octanol–water partition coefficient (Wildman–Crippen LogP) is 3.07. The van der Waals surface area contributed by atoms with Crippen molar-refractivity contribution in [2.75, 3.05) is 23.8 Å². The maximum absolute atomic E-state index is 12.4. The molecule has 0 aromatic carbocycles. The Morgan fingerprint density at radius 1 is 1.20 bits per heavy atom. The van der Waals surface area contributed by atoms with Gasteiger partial charge in [0.05, 0.1) is 12.8 Å². The summed E-state index contributed by atoms with van der Waals surface area (Å²) in [5, 5.41) is 5.79. The zero-order chi connectivity index (χ0) is 17.9. The van der Waals surface area contributed by atoms with E-state index in [4.69, 9.17) is 4.74 Å². The Bertz CT molecular complexity index is 733. The summed E-state index contributed by atoms with van der Waals surface area (Å²) in [6.45, 7) is 8.43. The van der Waals surface area contributed by atoms with Crippen LogP contribution in [0, 0.1) is 0 Å². The van der Waals surface area contributed by atoms with E-state index in [0.29, 0.717) is 37.0 Å². The van der Waals surface area contributed by atoms with Gasteiger partial charge >= 0.3 is 0 Å². The molecule has 25 heavy (non-hydrogen) atoms. The highest BCUT2D eigenvalue weighted by Gasteiger charge is 2.12. The van der Waals surface area contributed by atoms with Crippen LogP contribution < -0.4 is 15.4 Å². The average Bonchev–Trinajstić information content (AvgIpc) is 2.64. The van der Waals surface area contributed by atoms with Gasteiger partial charge in [-0.2, -0.15) is 0 Å². The van der Waals surface area contributed by atoms with Gasteiger partial charge in [-0.05, 0) is 18.9 Å². The maximum atomic E-state index is 12.4. The van der Waals surface area contributed by atoms with Crippen molar-refractivity contribution < 1.29 is 9.53 Å². The zero-order valence-corrected chi connectivity index (χ0v) is 13.9. The first-order valence-corrected chi connectivity index (χ1v) is 7.91. The van der Waals surface area contributed by atoms with Crippen LogP contribution in [-0.4, -0.2) is 34.0 Å². The highest BCUT2D eigenvalue weighted by molar-refractivity contribution is 6.03. The molecule has 7 heteroatoms. The summed E-state index contributed by atoms with van der Waals surface area (Å²) in [4.78, 5) is 24.7. The highest BCUT2D eigenvalue weighted by Crippen LogP contribution is 2.23. The second kappa shape index (κ2) is 9.82. The van der Waals surface area contributed by atoms with E-state index in [9.17, 15) is 4.79 Å². The minimum Gasteiger partial charge on any atom is -0.491 e. The minimum atomic E-state index is -0.365. The number of carbonyl (C=O) groups excluding carboxylic acids is 1. The molecule has 130 valence electrons. The molecular formula is C18H21N5O2. The number of anilines is 2. The topological polar surface area (TPSA) is 89.0 Å². The Morgan fingerprint density at radius 3 is 2.84 bits per heavy atom. The standard InChI is InChI=1S/C18H21N5O2/c1-3-5-9-20-18-21-11-7-14(23-18)17(24)22-15-13-19-10-8-16(15)25-12-6-4-2/h3-4,7-8,10-11,13H,1-2,5-6,9,12H2,(H,22,24)(H,20,21,23). The van der Waals surface area contributed by atoms with Crippen LogP contribution in [0.5, 0.6) is 5.75 Å². The largest absolute Gasteiger partial charge is 0.491 e. The third kappa shape index (κ3) is 5.72. The molecule has 0 aliphatic carbocycles. The van der Waals surface area contributed by atoms with Gasteiger partial charge in [0.2, 0.25) is 5.95 Å². The molecule has 0 radical (unpaired) electrons. The van der Waals surface area contributed by atoms with Gasteiger partial charge in [0.15, 0.2) is 0 Å². The van der Waals surface area contributed by atoms with E-state index in [1.807, 2.05) is 0 Å². The fourth-order valence-corrected chi connectivity index (χ4v) is 1.90. The zero-order valence-electron chi connectivity index (χ0n) is 13.9. The Hall–Kier alpha value is -3.22. The molecule has 0 aliphatic rings. The lowest BCUT2D eigenvalue weighted by Gasteiger charge is -2.11. The molecule has 0 aliphatic heterocycles. The molecule has 2 aromatic rings. The summed E-state index contributed by atoms with van der Waals surface area (Å²) in [6.07, 6.45) is 9.71. The Labute approximate surface area is 146 Å². The lowest BCUT2D eigenvalue weighted by molar-refractivity contribution is 0.102. The van der Waals surface area contributed by atoms with E-state index in [1.165, 1.54) is 12.4 Å². The molecular weight excluding hydrogens is 318 g/mol. The fourth-order valence-electron chi connectivity index (χ4n) is 1.90. The number of hydrogen-bond donors (Lipinski definition) is 2. The molecule has 0 saturated carbocycles. The molecule has 0 fully saturated rings. The van der Waals surface area contributed by atoms with Crippen molar-refractivity contribution in [3.8, 4) is 5.75 Å². The second-order valence-corrected chi connectivity index (χ2v) is 5.02. The SMILES string of the molecule is C=CCCNc1nccc(C(=O)Nc2cnccc2OCCC=C)n1. The van der Waals surface area contributed by atoms with Crippen molar-refractivity contribution in [1.29, 1.82) is 0 Å². The molecule has 2 aromatic heterocycles. The average molecular weight is 339 g/mol. The third-order valence-corrected chi connectivity index (χ3v) is 3.13. The smallest absolute Gasteiger partial charge is 0.274 e. The number of aromatic nitrogens is 3. The normalized spacial score (nSPS) is 9.92. The van der Waals surface area contributed by atoms with Crippen LogP contribution in [-0.2, 0) is 0 Å². The first-order valence-electron chi connectivity index (χ1n) is 7.91. The number of rotatable bonds is 10. The van der Waals surface area contributed by atoms with Crippen molar-refractivity contribution in [3.05, 3.63) is 61.7 Å². The second-order valence-electron chi connectivity index (χ2n) is 5.02. The molecule has 0 saturated heterocycles. The van der Waals surface area contributed by atoms with Gasteiger partial charge in [-0.3, -0.25) is 9.78 Å². The summed E-state index contributed by atoms with van der Waals surface area (Å²) in [6, 6.07) is 3.24. The van der Waals surface area contributed by atoms with Crippen LogP contribution in [0.3, 0.4) is 0 Å². The number of nitrogens with zero attached hydrogens (tertiary/aromatic N) is 3. The van der Waals surface area contributed by atoms with Crippen LogP contribution in [0.25, 0.3) is 0 Å². The Morgan fingerprint density at radius 2 is 2.04 bits per heavy atom. The minimum absolute atomic E-state index is 0.247. The van der Waals surface area contributed by atoms with Gasteiger partial charge in [-0.15, -0.1) is 13.2 Å². The Balaban J connectivity index is 2.05. The van der Waals surface area contributed by atoms with Gasteiger partial charge in [0.25, 0.3) is 5.91 Å². The number of ether oxygens (including phenoxy) is 1. The third-order valence-electron chi connectivity index (χ3n) is 3.13. The van der Waals surface area contributed by atoms with E-state index in [0.717, 1.165) is 6.42 Å². The number of hydrogen-bond acceptors (Lipinski definition) is 6. The van der Waals surface area contributed by atoms with Crippen molar-refractivity contribution in [2.45, 2.75) is 12.8 Å². The fraction of sp³-hybridized carbons (Fsp3) is 0.222. The summed E-state index contributed by atoms with van der Waals surface area (Å²) < 4.78 is 5.62. The van der Waals surface area contributed by atoms with E-state index in [-0.39, 0.29) is 11.6 Å². The summed E-state index contributed by atoms with van der Waals surface area (Å²) in [7, 11) is 0. The monoisotopic (exact) mass is 339 g/mol. The van der Waals surface area contributed by atoms with E-state index in [2.05, 4.69) is 38.7 Å². The van der Waals surface area contributed by atoms with E-state index in [1.54, 1.807) is 30.5 Å². The van der Waals surface area contributed by atoms with Crippen LogP contribution in [0.1, 0.15) is 23.3 Å². The lowest BCUT2D eigenvalue weighted by Crippen LogP contribution is -2.16. The van der Waals surface area contributed by atoms with Crippen LogP contribution in [0.4, 0.5) is 11.6 Å². The van der Waals surface area contributed by atoms with Gasteiger partial charge in [-0.1, -0.05) is 12.2 Å². The molecule has 0 spiro atoms. The van der Waals surface area contributed by atoms with Crippen LogP contribution in [0.2, 0.25) is 0 Å². The van der Waals surface area contributed by atoms with Crippen LogP contribution in [0.15, 0.2) is 56.0 Å². The first kappa shape index (κ1) is 18.1. The number of nitrogens with one attached hydrogen (secondary N) is 2. The van der Waals surface area contributed by atoms with Crippen molar-refractivity contribution in [1.82, 2.24) is 15.0 Å². The summed E-state index contributed by atoms with van der Waals surface area (Å²) >= 11 is 0. The number of pyridine rings is 1. The number of amides is 1. The van der Waals surface area contributed by atoms with E-state index >= 15 is 0 Å². The molecule has 0 unspecified atom stereocenters. The predicted molar refractivity (Wildman–Crippen MR) is 97.8 cm³/mol. The highest BCUT2D eigenvalue weighted by atomic mass is 16.5. The molecule has 2 rings (SSSR count). The number of carbonyl (C=O) groups is 1. The van der Waals surface area contributed by atoms with Crippen molar-refractivity contribution >= 4 is 17.5 Å². The summed E-state index contributed by atoms with van der Waals surface area (Å²) in [5.41, 5.74) is 0.730. The van der Waals surface area contributed by atoms with Gasteiger partial charge < -0.3 is 15.4 Å². The first-order chi connectivity index (χ1) is 12.2. The Kier molecular flexibility index (Phi) is 7.12. The molecule has 0 bridgehead atoms. The molecule has 0 atom stereocenters. The van der Waals surface area contributed by atoms with Crippen molar-refractivity contribution in [3.63, 3.8) is 0 Å². The van der Waals surface area contributed by atoms with Crippen LogP contribution >= 0.6 is 0 Å². The molecule has 7 nitrogen and oxygen atoms in total.